The van der Waals surface area contributed by atoms with Crippen molar-refractivity contribution >= 4 is 28.2 Å². The van der Waals surface area contributed by atoms with Crippen molar-refractivity contribution in [1.29, 1.82) is 0 Å². The minimum atomic E-state index is 0.174. The van der Waals surface area contributed by atoms with E-state index in [1.807, 2.05) is 16.8 Å². The molecule has 2 saturated heterocycles. The molecular formula is C24H28N8. The van der Waals surface area contributed by atoms with Crippen molar-refractivity contribution in [3.63, 3.8) is 0 Å². The Bertz CT molecular complexity index is 1280. The zero-order chi connectivity index (χ0) is 21.7. The van der Waals surface area contributed by atoms with Crippen LogP contribution in [0.5, 0.6) is 0 Å². The van der Waals surface area contributed by atoms with E-state index in [1.165, 1.54) is 12.0 Å². The molecule has 8 heteroatoms. The smallest absolute Gasteiger partial charge is 0.157 e. The molecule has 0 amide bonds. The normalized spacial score (nSPS) is 21.7. The lowest BCUT2D eigenvalue weighted by Gasteiger charge is -2.36. The number of anilines is 2. The molecule has 0 saturated carbocycles. The molecule has 0 radical (unpaired) electrons. The number of aryl methyl sites for hydroxylation is 1. The minimum Gasteiger partial charge on any atom is -0.355 e. The molecule has 2 fully saturated rings. The Balaban J connectivity index is 1.38. The summed E-state index contributed by atoms with van der Waals surface area (Å²) < 4.78 is 1.89. The Labute approximate surface area is 187 Å². The Morgan fingerprint density at radius 1 is 1.03 bits per heavy atom. The monoisotopic (exact) mass is 428 g/mol. The topological polar surface area (TPSA) is 88.5 Å². The number of nitrogens with two attached hydrogens (primary N) is 1. The van der Waals surface area contributed by atoms with Gasteiger partial charge in [0.1, 0.15) is 18.0 Å². The molecule has 5 heterocycles. The van der Waals surface area contributed by atoms with Gasteiger partial charge in [0, 0.05) is 43.3 Å². The Morgan fingerprint density at radius 2 is 1.97 bits per heavy atom. The predicted octanol–water partition coefficient (Wildman–Crippen LogP) is 3.25. The molecule has 164 valence electrons. The third-order valence-electron chi connectivity index (χ3n) is 6.76. The van der Waals surface area contributed by atoms with E-state index in [2.05, 4.69) is 46.0 Å². The van der Waals surface area contributed by atoms with Crippen LogP contribution in [0.25, 0.3) is 16.6 Å². The first-order valence-corrected chi connectivity index (χ1v) is 11.5. The van der Waals surface area contributed by atoms with Gasteiger partial charge in [-0.05, 0) is 50.8 Å². The summed E-state index contributed by atoms with van der Waals surface area (Å²) in [5.41, 5.74) is 10.2. The lowest BCUT2D eigenvalue weighted by Crippen LogP contribution is -2.34. The fraction of sp³-hybridized carbons (Fsp3) is 0.417. The van der Waals surface area contributed by atoms with Crippen LogP contribution in [-0.4, -0.2) is 50.2 Å². The molecule has 0 bridgehead atoms. The first kappa shape index (κ1) is 19.4. The summed E-state index contributed by atoms with van der Waals surface area (Å²) >= 11 is 0. The van der Waals surface area contributed by atoms with Crippen LogP contribution in [0.15, 0.2) is 42.9 Å². The summed E-state index contributed by atoms with van der Waals surface area (Å²) in [7, 11) is 0. The van der Waals surface area contributed by atoms with E-state index >= 15 is 0 Å². The second-order valence-electron chi connectivity index (χ2n) is 9.08. The van der Waals surface area contributed by atoms with E-state index < -0.39 is 0 Å². The van der Waals surface area contributed by atoms with Crippen molar-refractivity contribution in [2.75, 3.05) is 29.4 Å². The average Bonchev–Trinajstić information content (AvgIpc) is 3.44. The maximum Gasteiger partial charge on any atom is 0.157 e. The Hall–Kier alpha value is -3.26. The first-order chi connectivity index (χ1) is 15.7. The molecule has 1 unspecified atom stereocenters. The molecular weight excluding hydrogens is 400 g/mol. The third-order valence-corrected chi connectivity index (χ3v) is 6.76. The van der Waals surface area contributed by atoms with Crippen molar-refractivity contribution in [2.24, 2.45) is 5.73 Å². The summed E-state index contributed by atoms with van der Waals surface area (Å²) in [5, 5.41) is 6.02. The van der Waals surface area contributed by atoms with Crippen LogP contribution in [0.1, 0.15) is 43.0 Å². The van der Waals surface area contributed by atoms with Gasteiger partial charge in [0.05, 0.1) is 17.3 Å². The number of piperidine rings is 1. The molecule has 0 spiro atoms. The van der Waals surface area contributed by atoms with Gasteiger partial charge in [0.2, 0.25) is 0 Å². The summed E-state index contributed by atoms with van der Waals surface area (Å²) in [6.45, 7) is 4.90. The van der Waals surface area contributed by atoms with Gasteiger partial charge in [-0.3, -0.25) is 0 Å². The SMILES string of the molecule is Cc1ccc2ncnc(N3CCCCC3c3cc4nc(N5CC[C@H](N)C5)ccn4n3)c2c1. The van der Waals surface area contributed by atoms with Crippen LogP contribution in [0.4, 0.5) is 11.6 Å². The van der Waals surface area contributed by atoms with Gasteiger partial charge in [0.25, 0.3) is 0 Å². The second kappa shape index (κ2) is 7.70. The summed E-state index contributed by atoms with van der Waals surface area (Å²) in [4.78, 5) is 18.8. The van der Waals surface area contributed by atoms with Crippen LogP contribution in [0, 0.1) is 6.92 Å². The highest BCUT2D eigenvalue weighted by atomic mass is 15.3. The number of hydrogen-bond donors (Lipinski definition) is 1. The van der Waals surface area contributed by atoms with E-state index in [-0.39, 0.29) is 12.1 Å². The highest BCUT2D eigenvalue weighted by molar-refractivity contribution is 5.90. The van der Waals surface area contributed by atoms with E-state index in [4.69, 9.17) is 20.8 Å². The van der Waals surface area contributed by atoms with Crippen LogP contribution in [-0.2, 0) is 0 Å². The minimum absolute atomic E-state index is 0.174. The predicted molar refractivity (Wildman–Crippen MR) is 126 cm³/mol. The van der Waals surface area contributed by atoms with Gasteiger partial charge in [-0.25, -0.2) is 19.5 Å². The second-order valence-corrected chi connectivity index (χ2v) is 9.08. The molecule has 3 aromatic heterocycles. The summed E-state index contributed by atoms with van der Waals surface area (Å²) in [6.07, 6.45) is 8.09. The zero-order valence-corrected chi connectivity index (χ0v) is 18.4. The third kappa shape index (κ3) is 3.35. The molecule has 2 N–H and O–H groups in total. The fourth-order valence-electron chi connectivity index (χ4n) is 5.10. The lowest BCUT2D eigenvalue weighted by molar-refractivity contribution is 0.461. The zero-order valence-electron chi connectivity index (χ0n) is 18.4. The van der Waals surface area contributed by atoms with Gasteiger partial charge < -0.3 is 15.5 Å². The standard InChI is InChI=1S/C24H28N8/c1-16-5-6-19-18(12-16)24(27-15-26-19)31-9-3-2-4-21(31)20-13-23-28-22(8-11-32(23)29-20)30-10-7-17(25)14-30/h5-6,8,11-13,15,17,21H,2-4,7,9-10,14,25H2,1H3/t17-,21?/m0/s1. The first-order valence-electron chi connectivity index (χ1n) is 11.5. The van der Waals surface area contributed by atoms with Crippen LogP contribution in [0.2, 0.25) is 0 Å². The quantitative estimate of drug-likeness (QED) is 0.536. The van der Waals surface area contributed by atoms with Crippen molar-refractivity contribution in [1.82, 2.24) is 24.6 Å². The molecule has 6 rings (SSSR count). The molecule has 4 aromatic rings. The lowest BCUT2D eigenvalue weighted by atomic mass is 9.98. The van der Waals surface area contributed by atoms with Gasteiger partial charge in [-0.15, -0.1) is 0 Å². The van der Waals surface area contributed by atoms with E-state index in [9.17, 15) is 0 Å². The molecule has 2 atom stereocenters. The Kier molecular flexibility index (Phi) is 4.68. The van der Waals surface area contributed by atoms with Crippen LogP contribution in [0.3, 0.4) is 0 Å². The van der Waals surface area contributed by atoms with E-state index in [1.54, 1.807) is 6.33 Å². The Morgan fingerprint density at radius 3 is 2.84 bits per heavy atom. The molecule has 8 nitrogen and oxygen atoms in total. The molecule has 1 aromatic carbocycles. The van der Waals surface area contributed by atoms with Crippen molar-refractivity contribution < 1.29 is 0 Å². The van der Waals surface area contributed by atoms with Crippen molar-refractivity contribution in [2.45, 2.75) is 44.7 Å². The largest absolute Gasteiger partial charge is 0.355 e. The molecule has 2 aliphatic rings. The summed E-state index contributed by atoms with van der Waals surface area (Å²) in [6, 6.07) is 11.0. The number of aromatic nitrogens is 5. The maximum absolute atomic E-state index is 6.09. The molecule has 0 aliphatic carbocycles. The maximum atomic E-state index is 6.09. The van der Waals surface area contributed by atoms with Crippen LogP contribution < -0.4 is 15.5 Å². The number of rotatable bonds is 3. The number of nitrogens with zero attached hydrogens (tertiary/aromatic N) is 7. The van der Waals surface area contributed by atoms with E-state index in [0.29, 0.717) is 0 Å². The highest BCUT2D eigenvalue weighted by Gasteiger charge is 2.29. The van der Waals surface area contributed by atoms with E-state index in [0.717, 1.165) is 72.8 Å². The summed E-state index contributed by atoms with van der Waals surface area (Å²) in [5.74, 6) is 1.98. The van der Waals surface area contributed by atoms with Crippen molar-refractivity contribution in [3.8, 4) is 0 Å². The molecule has 2 aliphatic heterocycles. The fourth-order valence-corrected chi connectivity index (χ4v) is 5.10. The number of hydrogen-bond acceptors (Lipinski definition) is 7. The average molecular weight is 429 g/mol. The molecule has 32 heavy (non-hydrogen) atoms. The van der Waals surface area contributed by atoms with Gasteiger partial charge >= 0.3 is 0 Å². The van der Waals surface area contributed by atoms with Crippen molar-refractivity contribution in [3.05, 3.63) is 54.1 Å². The number of benzene rings is 1. The highest BCUT2D eigenvalue weighted by Crippen LogP contribution is 2.37. The van der Waals surface area contributed by atoms with Gasteiger partial charge in [-0.2, -0.15) is 5.10 Å². The number of fused-ring (bicyclic) bond motifs is 2. The van der Waals surface area contributed by atoms with Crippen LogP contribution >= 0.6 is 0 Å². The van der Waals surface area contributed by atoms with Gasteiger partial charge in [0.15, 0.2) is 5.65 Å². The van der Waals surface area contributed by atoms with Gasteiger partial charge in [-0.1, -0.05) is 11.6 Å².